The Morgan fingerprint density at radius 2 is 2.07 bits per heavy atom. The lowest BCUT2D eigenvalue weighted by molar-refractivity contribution is 0.0944. The Hall–Kier alpha value is -3.32. The van der Waals surface area contributed by atoms with Gasteiger partial charge in [0, 0.05) is 10.3 Å². The van der Waals surface area contributed by atoms with Crippen molar-refractivity contribution in [2.45, 2.75) is 13.0 Å². The van der Waals surface area contributed by atoms with Crippen LogP contribution < -0.4 is 15.8 Å². The number of methoxy groups -OCH3 is 1. The Morgan fingerprint density at radius 1 is 1.21 bits per heavy atom. The lowest BCUT2D eigenvalue weighted by Crippen LogP contribution is -2.25. The fraction of sp³-hybridized carbons (Fsp3) is 0.143. The summed E-state index contributed by atoms with van der Waals surface area (Å²) in [6.07, 6.45) is 0. The van der Waals surface area contributed by atoms with Crippen molar-refractivity contribution in [1.82, 2.24) is 15.5 Å². The highest BCUT2D eigenvalue weighted by molar-refractivity contribution is 7.17. The molecule has 0 radical (unpaired) electrons. The predicted molar refractivity (Wildman–Crippen MR) is 113 cm³/mol. The number of anilines is 1. The Morgan fingerprint density at radius 3 is 2.89 bits per heavy atom. The summed E-state index contributed by atoms with van der Waals surface area (Å²) in [6.45, 7) is 1.96. The first kappa shape index (κ1) is 18.1. The third-order valence-corrected chi connectivity index (χ3v) is 5.78. The van der Waals surface area contributed by atoms with Gasteiger partial charge in [0.2, 0.25) is 0 Å². The van der Waals surface area contributed by atoms with E-state index in [-0.39, 0.29) is 11.9 Å². The molecule has 1 atom stereocenters. The van der Waals surface area contributed by atoms with Gasteiger partial charge in [-0.3, -0.25) is 9.89 Å². The van der Waals surface area contributed by atoms with Crippen molar-refractivity contribution in [3.8, 4) is 16.2 Å². The van der Waals surface area contributed by atoms with Crippen LogP contribution in [0.15, 0.2) is 54.6 Å². The van der Waals surface area contributed by atoms with Crippen LogP contribution in [0.3, 0.4) is 0 Å². The molecule has 0 spiro atoms. The SMILES string of the molecule is COc1cccc(C(C)NC(=O)c2ccc(-c3ccc4[nH]nc(N)c4c3)s2)c1. The van der Waals surface area contributed by atoms with Crippen LogP contribution in [0.4, 0.5) is 5.82 Å². The molecule has 6 nitrogen and oxygen atoms in total. The predicted octanol–water partition coefficient (Wildman–Crippen LogP) is 4.37. The van der Waals surface area contributed by atoms with E-state index in [0.717, 1.165) is 32.7 Å². The number of carbonyl (C=O) groups excluding carboxylic acids is 1. The number of nitrogen functional groups attached to an aromatic ring is 1. The van der Waals surface area contributed by atoms with Crippen LogP contribution >= 0.6 is 11.3 Å². The van der Waals surface area contributed by atoms with Crippen molar-refractivity contribution in [2.24, 2.45) is 0 Å². The normalized spacial score (nSPS) is 12.1. The van der Waals surface area contributed by atoms with Crippen LogP contribution in [-0.4, -0.2) is 23.2 Å². The summed E-state index contributed by atoms with van der Waals surface area (Å²) in [5, 5.41) is 10.8. The maximum atomic E-state index is 12.7. The topological polar surface area (TPSA) is 93.0 Å². The minimum Gasteiger partial charge on any atom is -0.497 e. The van der Waals surface area contributed by atoms with Gasteiger partial charge >= 0.3 is 0 Å². The van der Waals surface area contributed by atoms with Crippen LogP contribution in [0.25, 0.3) is 21.3 Å². The largest absolute Gasteiger partial charge is 0.497 e. The third-order valence-electron chi connectivity index (χ3n) is 4.65. The van der Waals surface area contributed by atoms with Crippen LogP contribution in [0.1, 0.15) is 28.2 Å². The number of nitrogens with one attached hydrogen (secondary N) is 2. The van der Waals surface area contributed by atoms with Gasteiger partial charge in [0.15, 0.2) is 5.82 Å². The number of H-pyrrole nitrogens is 1. The molecule has 7 heteroatoms. The van der Waals surface area contributed by atoms with Crippen LogP contribution in [0.2, 0.25) is 0 Å². The molecule has 0 bridgehead atoms. The molecule has 0 aliphatic heterocycles. The molecule has 4 rings (SSSR count). The summed E-state index contributed by atoms with van der Waals surface area (Å²) in [6, 6.07) is 17.3. The van der Waals surface area contributed by atoms with Crippen molar-refractivity contribution in [3.63, 3.8) is 0 Å². The number of ether oxygens (including phenoxy) is 1. The number of aromatic amines is 1. The van der Waals surface area contributed by atoms with Gasteiger partial charge < -0.3 is 15.8 Å². The van der Waals surface area contributed by atoms with E-state index in [2.05, 4.69) is 15.5 Å². The molecule has 4 N–H and O–H groups in total. The van der Waals surface area contributed by atoms with Gasteiger partial charge in [-0.25, -0.2) is 0 Å². The number of aromatic nitrogens is 2. The van der Waals surface area contributed by atoms with Crippen molar-refractivity contribution >= 4 is 34.0 Å². The number of fused-ring (bicyclic) bond motifs is 1. The smallest absolute Gasteiger partial charge is 0.261 e. The molecule has 2 aromatic carbocycles. The maximum absolute atomic E-state index is 12.7. The van der Waals surface area contributed by atoms with Crippen LogP contribution in [-0.2, 0) is 0 Å². The lowest BCUT2D eigenvalue weighted by atomic mass is 10.1. The quantitative estimate of drug-likeness (QED) is 0.470. The highest BCUT2D eigenvalue weighted by atomic mass is 32.1. The van der Waals surface area contributed by atoms with Crippen molar-refractivity contribution in [1.29, 1.82) is 0 Å². The van der Waals surface area contributed by atoms with Gasteiger partial charge in [-0.2, -0.15) is 5.10 Å². The van der Waals surface area contributed by atoms with E-state index >= 15 is 0 Å². The van der Waals surface area contributed by atoms with Crippen LogP contribution in [0.5, 0.6) is 5.75 Å². The Bertz CT molecular complexity index is 1150. The highest BCUT2D eigenvalue weighted by Crippen LogP contribution is 2.31. The number of rotatable bonds is 5. The number of benzene rings is 2. The summed E-state index contributed by atoms with van der Waals surface area (Å²) < 4.78 is 5.25. The fourth-order valence-electron chi connectivity index (χ4n) is 3.06. The van der Waals surface area contributed by atoms with Crippen LogP contribution in [0, 0.1) is 0 Å². The van der Waals surface area contributed by atoms with Gasteiger partial charge in [0.1, 0.15) is 5.75 Å². The van der Waals surface area contributed by atoms with Crippen molar-refractivity contribution in [2.75, 3.05) is 12.8 Å². The van der Waals surface area contributed by atoms with Gasteiger partial charge in [-0.05, 0) is 54.4 Å². The molecular weight excluding hydrogens is 372 g/mol. The third kappa shape index (κ3) is 3.44. The van der Waals surface area contributed by atoms with E-state index in [1.807, 2.05) is 61.5 Å². The lowest BCUT2D eigenvalue weighted by Gasteiger charge is -2.14. The number of nitrogens with two attached hydrogens (primary N) is 1. The van der Waals surface area contributed by atoms with Gasteiger partial charge in [-0.1, -0.05) is 18.2 Å². The summed E-state index contributed by atoms with van der Waals surface area (Å²) in [4.78, 5) is 14.3. The van der Waals surface area contributed by atoms with E-state index in [1.54, 1.807) is 7.11 Å². The molecule has 1 unspecified atom stereocenters. The van der Waals surface area contributed by atoms with E-state index in [9.17, 15) is 4.79 Å². The molecule has 142 valence electrons. The molecule has 4 aromatic rings. The summed E-state index contributed by atoms with van der Waals surface area (Å²) >= 11 is 1.45. The minimum atomic E-state index is -0.129. The highest BCUT2D eigenvalue weighted by Gasteiger charge is 2.15. The summed E-state index contributed by atoms with van der Waals surface area (Å²) in [5.41, 5.74) is 8.78. The average molecular weight is 392 g/mol. The molecule has 0 saturated heterocycles. The zero-order chi connectivity index (χ0) is 19.7. The first-order valence-electron chi connectivity index (χ1n) is 8.84. The number of thiophene rings is 1. The number of hydrogen-bond acceptors (Lipinski definition) is 5. The Labute approximate surface area is 166 Å². The number of carbonyl (C=O) groups is 1. The number of hydrogen-bond donors (Lipinski definition) is 3. The minimum absolute atomic E-state index is 0.101. The second-order valence-electron chi connectivity index (χ2n) is 6.50. The summed E-state index contributed by atoms with van der Waals surface area (Å²) in [5.74, 6) is 1.14. The molecular formula is C21H20N4O2S. The molecule has 0 aliphatic carbocycles. The Balaban J connectivity index is 1.52. The fourth-order valence-corrected chi connectivity index (χ4v) is 3.97. The maximum Gasteiger partial charge on any atom is 0.261 e. The molecule has 0 aliphatic rings. The molecule has 0 saturated carbocycles. The van der Waals surface area contributed by atoms with Crippen molar-refractivity contribution in [3.05, 3.63) is 65.0 Å². The zero-order valence-electron chi connectivity index (χ0n) is 15.5. The van der Waals surface area contributed by atoms with E-state index < -0.39 is 0 Å². The molecule has 2 heterocycles. The zero-order valence-corrected chi connectivity index (χ0v) is 16.3. The van der Waals surface area contributed by atoms with Gasteiger partial charge in [0.05, 0.1) is 23.5 Å². The first-order chi connectivity index (χ1) is 13.5. The van der Waals surface area contributed by atoms with Crippen molar-refractivity contribution < 1.29 is 9.53 Å². The molecule has 0 fully saturated rings. The number of nitrogens with zero attached hydrogens (tertiary/aromatic N) is 1. The standard InChI is InChI=1S/C21H20N4O2S/c1-12(13-4-3-5-15(10-13)27-2)23-21(26)19-9-8-18(28-19)14-6-7-17-16(11-14)20(22)25-24-17/h3-12H,1-2H3,(H,23,26)(H3,22,24,25). The van der Waals surface area contributed by atoms with E-state index in [1.165, 1.54) is 11.3 Å². The molecule has 1 amide bonds. The second-order valence-corrected chi connectivity index (χ2v) is 7.59. The Kier molecular flexibility index (Phi) is 4.75. The van der Waals surface area contributed by atoms with E-state index in [0.29, 0.717) is 10.7 Å². The average Bonchev–Trinajstić information content (AvgIpc) is 3.35. The monoisotopic (exact) mass is 392 g/mol. The van der Waals surface area contributed by atoms with Gasteiger partial charge in [-0.15, -0.1) is 11.3 Å². The van der Waals surface area contributed by atoms with E-state index in [4.69, 9.17) is 10.5 Å². The molecule has 28 heavy (non-hydrogen) atoms. The van der Waals surface area contributed by atoms with Gasteiger partial charge in [0.25, 0.3) is 5.91 Å². The number of amides is 1. The second kappa shape index (κ2) is 7.36. The summed E-state index contributed by atoms with van der Waals surface area (Å²) in [7, 11) is 1.63. The molecule has 2 aromatic heterocycles. The first-order valence-corrected chi connectivity index (χ1v) is 9.65.